The summed E-state index contributed by atoms with van der Waals surface area (Å²) in [6.45, 7) is 1.95. The monoisotopic (exact) mass is 347 g/mol. The Morgan fingerprint density at radius 3 is 3.05 bits per heavy atom. The zero-order valence-corrected chi connectivity index (χ0v) is 13.5. The first-order chi connectivity index (χ1) is 10.0. The molecule has 1 aliphatic carbocycles. The number of hydrogen-bond donors (Lipinski definition) is 2. The molecule has 0 bridgehead atoms. The molecule has 2 atom stereocenters. The standard InChI is InChI=1S/C16H18BrN3O/c1-16(7-3-6-13(16)18)15(21)20-12-5-2-4-10-8-11(17)9-19-14(10)12/h2,4-5,8-9,13H,3,6-7,18H2,1H3,(H,20,21). The van der Waals surface area contributed by atoms with Crippen molar-refractivity contribution in [2.45, 2.75) is 32.2 Å². The lowest BCUT2D eigenvalue weighted by Crippen LogP contribution is -2.44. The SMILES string of the molecule is CC1(C(=O)Nc2cccc3cc(Br)cnc23)CCCC1N. The van der Waals surface area contributed by atoms with Crippen molar-refractivity contribution < 1.29 is 4.79 Å². The quantitative estimate of drug-likeness (QED) is 0.873. The number of benzene rings is 1. The summed E-state index contributed by atoms with van der Waals surface area (Å²) in [7, 11) is 0. The maximum absolute atomic E-state index is 12.6. The number of para-hydroxylation sites is 1. The van der Waals surface area contributed by atoms with E-state index >= 15 is 0 Å². The number of carbonyl (C=O) groups is 1. The summed E-state index contributed by atoms with van der Waals surface area (Å²) >= 11 is 3.41. The third-order valence-electron chi connectivity index (χ3n) is 4.47. The van der Waals surface area contributed by atoms with Gasteiger partial charge in [-0.05, 0) is 47.8 Å². The van der Waals surface area contributed by atoms with Gasteiger partial charge in [0.1, 0.15) is 0 Å². The zero-order chi connectivity index (χ0) is 15.0. The minimum absolute atomic E-state index is 0.00952. The topological polar surface area (TPSA) is 68.0 Å². The van der Waals surface area contributed by atoms with Crippen LogP contribution >= 0.6 is 15.9 Å². The number of halogens is 1. The largest absolute Gasteiger partial charge is 0.327 e. The number of rotatable bonds is 2. The highest BCUT2D eigenvalue weighted by atomic mass is 79.9. The fourth-order valence-electron chi connectivity index (χ4n) is 2.98. The Hall–Kier alpha value is -1.46. The number of amides is 1. The van der Waals surface area contributed by atoms with Crippen LogP contribution in [0.1, 0.15) is 26.2 Å². The Bertz CT molecular complexity index is 703. The highest BCUT2D eigenvalue weighted by Gasteiger charge is 2.43. The second kappa shape index (κ2) is 5.39. The van der Waals surface area contributed by atoms with Gasteiger partial charge in [0.2, 0.25) is 5.91 Å². The molecule has 21 heavy (non-hydrogen) atoms. The molecule has 1 aromatic heterocycles. The normalized spacial score (nSPS) is 25.2. The van der Waals surface area contributed by atoms with Gasteiger partial charge in [0, 0.05) is 22.1 Å². The molecule has 0 saturated heterocycles. The predicted octanol–water partition coefficient (Wildman–Crippen LogP) is 3.45. The van der Waals surface area contributed by atoms with E-state index in [4.69, 9.17) is 5.73 Å². The van der Waals surface area contributed by atoms with Crippen molar-refractivity contribution >= 4 is 38.4 Å². The summed E-state index contributed by atoms with van der Waals surface area (Å²) in [5, 5.41) is 4.01. The molecule has 2 unspecified atom stereocenters. The van der Waals surface area contributed by atoms with Gasteiger partial charge in [-0.25, -0.2) is 0 Å². The van der Waals surface area contributed by atoms with E-state index in [2.05, 4.69) is 26.2 Å². The van der Waals surface area contributed by atoms with Crippen LogP contribution in [0.2, 0.25) is 0 Å². The van der Waals surface area contributed by atoms with E-state index in [1.807, 2.05) is 31.2 Å². The fourth-order valence-corrected chi connectivity index (χ4v) is 3.32. The number of nitrogens with two attached hydrogens (primary N) is 1. The lowest BCUT2D eigenvalue weighted by Gasteiger charge is -2.27. The minimum atomic E-state index is -0.489. The molecule has 0 spiro atoms. The molecule has 1 fully saturated rings. The fraction of sp³-hybridized carbons (Fsp3) is 0.375. The van der Waals surface area contributed by atoms with Crippen LogP contribution in [0.4, 0.5) is 5.69 Å². The highest BCUT2D eigenvalue weighted by molar-refractivity contribution is 9.10. The molecule has 1 saturated carbocycles. The van der Waals surface area contributed by atoms with E-state index in [0.29, 0.717) is 0 Å². The Labute approximate surface area is 132 Å². The van der Waals surface area contributed by atoms with Crippen LogP contribution in [0, 0.1) is 5.41 Å². The van der Waals surface area contributed by atoms with Crippen molar-refractivity contribution in [3.8, 4) is 0 Å². The molecule has 1 aromatic carbocycles. The number of hydrogen-bond acceptors (Lipinski definition) is 3. The molecule has 2 aromatic rings. The highest BCUT2D eigenvalue weighted by Crippen LogP contribution is 2.38. The Kier molecular flexibility index (Phi) is 3.71. The van der Waals surface area contributed by atoms with Gasteiger partial charge >= 0.3 is 0 Å². The Morgan fingerprint density at radius 1 is 1.52 bits per heavy atom. The van der Waals surface area contributed by atoms with Gasteiger partial charge in [-0.3, -0.25) is 9.78 Å². The van der Waals surface area contributed by atoms with E-state index in [9.17, 15) is 4.79 Å². The molecule has 110 valence electrons. The molecular weight excluding hydrogens is 330 g/mol. The molecular formula is C16H18BrN3O. The third kappa shape index (κ3) is 2.56. The van der Waals surface area contributed by atoms with Crippen molar-refractivity contribution in [1.82, 2.24) is 4.98 Å². The number of aromatic nitrogens is 1. The maximum atomic E-state index is 12.6. The number of nitrogens with one attached hydrogen (secondary N) is 1. The first kappa shape index (κ1) is 14.5. The second-order valence-corrected chi connectivity index (χ2v) is 6.82. The summed E-state index contributed by atoms with van der Waals surface area (Å²) in [5.41, 5.74) is 7.17. The Balaban J connectivity index is 1.93. The molecule has 0 aliphatic heterocycles. The zero-order valence-electron chi connectivity index (χ0n) is 11.9. The van der Waals surface area contributed by atoms with Crippen LogP contribution in [0.15, 0.2) is 34.9 Å². The molecule has 4 nitrogen and oxygen atoms in total. The summed E-state index contributed by atoms with van der Waals surface area (Å²) in [6, 6.07) is 7.69. The van der Waals surface area contributed by atoms with Crippen molar-refractivity contribution in [3.63, 3.8) is 0 Å². The summed E-state index contributed by atoms with van der Waals surface area (Å²) in [4.78, 5) is 17.0. The van der Waals surface area contributed by atoms with E-state index in [1.165, 1.54) is 0 Å². The van der Waals surface area contributed by atoms with Crippen LogP contribution in [0.3, 0.4) is 0 Å². The molecule has 5 heteroatoms. The molecule has 1 aliphatic rings. The smallest absolute Gasteiger partial charge is 0.231 e. The lowest BCUT2D eigenvalue weighted by atomic mass is 9.84. The van der Waals surface area contributed by atoms with Crippen LogP contribution < -0.4 is 11.1 Å². The van der Waals surface area contributed by atoms with E-state index in [1.54, 1.807) is 6.20 Å². The second-order valence-electron chi connectivity index (χ2n) is 5.90. The third-order valence-corrected chi connectivity index (χ3v) is 4.91. The number of carbonyl (C=O) groups excluding carboxylic acids is 1. The molecule has 0 radical (unpaired) electrons. The first-order valence-electron chi connectivity index (χ1n) is 7.12. The average Bonchev–Trinajstić information content (AvgIpc) is 2.80. The number of nitrogens with zero attached hydrogens (tertiary/aromatic N) is 1. The van der Waals surface area contributed by atoms with Crippen molar-refractivity contribution in [2.24, 2.45) is 11.1 Å². The summed E-state index contributed by atoms with van der Waals surface area (Å²) in [6.07, 6.45) is 4.49. The number of pyridine rings is 1. The van der Waals surface area contributed by atoms with Gasteiger partial charge < -0.3 is 11.1 Å². The van der Waals surface area contributed by atoms with Crippen molar-refractivity contribution in [1.29, 1.82) is 0 Å². The summed E-state index contributed by atoms with van der Waals surface area (Å²) in [5.74, 6) is -0.00952. The van der Waals surface area contributed by atoms with Gasteiger partial charge in [0.15, 0.2) is 0 Å². The minimum Gasteiger partial charge on any atom is -0.327 e. The van der Waals surface area contributed by atoms with Crippen LogP contribution in [0.25, 0.3) is 10.9 Å². The van der Waals surface area contributed by atoms with E-state index < -0.39 is 5.41 Å². The van der Waals surface area contributed by atoms with E-state index in [-0.39, 0.29) is 11.9 Å². The predicted molar refractivity (Wildman–Crippen MR) is 88.0 cm³/mol. The van der Waals surface area contributed by atoms with Crippen LogP contribution in [-0.2, 0) is 4.79 Å². The van der Waals surface area contributed by atoms with Gasteiger partial charge in [0.25, 0.3) is 0 Å². The van der Waals surface area contributed by atoms with Gasteiger partial charge in [-0.1, -0.05) is 18.6 Å². The van der Waals surface area contributed by atoms with Crippen LogP contribution in [0.5, 0.6) is 0 Å². The first-order valence-corrected chi connectivity index (χ1v) is 7.91. The maximum Gasteiger partial charge on any atom is 0.231 e. The number of anilines is 1. The van der Waals surface area contributed by atoms with Crippen molar-refractivity contribution in [2.75, 3.05) is 5.32 Å². The average molecular weight is 348 g/mol. The molecule has 1 amide bonds. The lowest BCUT2D eigenvalue weighted by molar-refractivity contribution is -0.125. The van der Waals surface area contributed by atoms with Gasteiger partial charge in [-0.2, -0.15) is 0 Å². The van der Waals surface area contributed by atoms with Crippen molar-refractivity contribution in [3.05, 3.63) is 34.9 Å². The van der Waals surface area contributed by atoms with Gasteiger partial charge in [-0.15, -0.1) is 0 Å². The molecule has 1 heterocycles. The van der Waals surface area contributed by atoms with Gasteiger partial charge in [0.05, 0.1) is 16.6 Å². The molecule has 3 rings (SSSR count). The summed E-state index contributed by atoms with van der Waals surface area (Å²) < 4.78 is 0.920. The van der Waals surface area contributed by atoms with E-state index in [0.717, 1.165) is 40.3 Å². The molecule has 3 N–H and O–H groups in total. The Morgan fingerprint density at radius 2 is 2.33 bits per heavy atom. The number of fused-ring (bicyclic) bond motifs is 1. The van der Waals surface area contributed by atoms with Crippen LogP contribution in [-0.4, -0.2) is 16.9 Å².